The molecule has 1 aliphatic rings. The fourth-order valence-electron chi connectivity index (χ4n) is 2.59. The summed E-state index contributed by atoms with van der Waals surface area (Å²) < 4.78 is 2.64. The number of halogens is 1. The van der Waals surface area contributed by atoms with Crippen LogP contribution in [0.25, 0.3) is 0 Å². The van der Waals surface area contributed by atoms with E-state index in [1.54, 1.807) is 24.7 Å². The minimum absolute atomic E-state index is 0.0106. The van der Waals surface area contributed by atoms with Crippen LogP contribution in [0.2, 0.25) is 0 Å². The van der Waals surface area contributed by atoms with Crippen molar-refractivity contribution >= 4 is 15.9 Å². The molecule has 3 rings (SSSR count). The van der Waals surface area contributed by atoms with E-state index >= 15 is 0 Å². The van der Waals surface area contributed by atoms with Crippen molar-refractivity contribution in [3.63, 3.8) is 0 Å². The average molecular weight is 309 g/mol. The highest BCUT2D eigenvalue weighted by Gasteiger charge is 2.30. The third-order valence-electron chi connectivity index (χ3n) is 3.54. The first-order valence-corrected chi connectivity index (χ1v) is 6.63. The maximum atomic E-state index is 10.5. The minimum Gasteiger partial charge on any atom is -0.507 e. The highest BCUT2D eigenvalue weighted by Crippen LogP contribution is 2.42. The molecular weight excluding hydrogens is 296 g/mol. The number of phenolic OH excluding ortho intramolecular Hbond substituents is 1. The second-order valence-corrected chi connectivity index (χ2v) is 5.32. The molecule has 2 N–H and O–H groups in total. The van der Waals surface area contributed by atoms with Gasteiger partial charge in [0.2, 0.25) is 0 Å². The van der Waals surface area contributed by atoms with Gasteiger partial charge in [0.05, 0.1) is 16.8 Å². The Morgan fingerprint density at radius 2 is 2.22 bits per heavy atom. The Morgan fingerprint density at radius 1 is 1.39 bits per heavy atom. The summed E-state index contributed by atoms with van der Waals surface area (Å²) >= 11 is 3.38. The van der Waals surface area contributed by atoms with Gasteiger partial charge in [-0.1, -0.05) is 6.07 Å². The topological polar surface area (TPSA) is 58.3 Å². The maximum absolute atomic E-state index is 10.5. The van der Waals surface area contributed by atoms with Crippen molar-refractivity contribution in [2.24, 2.45) is 0 Å². The lowest BCUT2D eigenvalue weighted by Gasteiger charge is -2.31. The molecule has 2 unspecified atom stereocenters. The van der Waals surface area contributed by atoms with E-state index in [0.717, 1.165) is 24.0 Å². The Kier molecular flexibility index (Phi) is 2.87. The Balaban J connectivity index is 2.03. The van der Waals surface area contributed by atoms with Crippen LogP contribution in [-0.4, -0.2) is 19.8 Å². The molecule has 0 bridgehead atoms. The third kappa shape index (κ3) is 1.74. The van der Waals surface area contributed by atoms with Gasteiger partial charge in [-0.05, 0) is 46.0 Å². The van der Waals surface area contributed by atoms with Gasteiger partial charge in [-0.25, -0.2) is 4.98 Å². The van der Waals surface area contributed by atoms with E-state index in [1.807, 2.05) is 10.8 Å². The summed E-state index contributed by atoms with van der Waals surface area (Å²) in [7, 11) is 0. The van der Waals surface area contributed by atoms with E-state index in [-0.39, 0.29) is 11.8 Å². The number of nitrogens with zero attached hydrogens (tertiary/aromatic N) is 2. The Hall–Kier alpha value is -1.33. The molecule has 1 heterocycles. The molecule has 1 aromatic carbocycles. The van der Waals surface area contributed by atoms with Crippen molar-refractivity contribution < 1.29 is 10.2 Å². The Bertz CT molecular complexity index is 569. The van der Waals surface area contributed by atoms with Crippen molar-refractivity contribution in [2.75, 3.05) is 0 Å². The van der Waals surface area contributed by atoms with Crippen molar-refractivity contribution in [3.05, 3.63) is 46.5 Å². The highest BCUT2D eigenvalue weighted by molar-refractivity contribution is 9.10. The van der Waals surface area contributed by atoms with Crippen molar-refractivity contribution in [2.45, 2.75) is 25.0 Å². The number of phenols is 1. The molecule has 4 nitrogen and oxygen atoms in total. The number of benzene rings is 1. The van der Waals surface area contributed by atoms with Crippen LogP contribution in [0.1, 0.15) is 29.7 Å². The van der Waals surface area contributed by atoms with Gasteiger partial charge in [0, 0.05) is 12.4 Å². The predicted molar refractivity (Wildman–Crippen MR) is 70.4 cm³/mol. The van der Waals surface area contributed by atoms with Crippen molar-refractivity contribution in [1.29, 1.82) is 0 Å². The number of aromatic hydroxyl groups is 1. The molecule has 0 aliphatic heterocycles. The van der Waals surface area contributed by atoms with Gasteiger partial charge in [-0.15, -0.1) is 0 Å². The molecule has 0 amide bonds. The van der Waals surface area contributed by atoms with Crippen LogP contribution in [0.3, 0.4) is 0 Å². The maximum Gasteiger partial charge on any atom is 0.130 e. The molecular formula is C13H13BrN2O2. The first-order valence-electron chi connectivity index (χ1n) is 5.84. The van der Waals surface area contributed by atoms with Crippen molar-refractivity contribution in [1.82, 2.24) is 9.55 Å². The van der Waals surface area contributed by atoms with E-state index in [4.69, 9.17) is 0 Å². The molecule has 0 spiro atoms. The zero-order valence-corrected chi connectivity index (χ0v) is 11.2. The normalized spacial score (nSPS) is 22.8. The predicted octanol–water partition coefficient (Wildman–Crippen LogP) is 2.57. The van der Waals surface area contributed by atoms with E-state index in [2.05, 4.69) is 20.9 Å². The lowest BCUT2D eigenvalue weighted by atomic mass is 9.85. The zero-order valence-electron chi connectivity index (χ0n) is 9.62. The van der Waals surface area contributed by atoms with Crippen LogP contribution in [0.5, 0.6) is 5.75 Å². The van der Waals surface area contributed by atoms with Crippen LogP contribution in [0, 0.1) is 0 Å². The molecule has 0 fully saturated rings. The lowest BCUT2D eigenvalue weighted by molar-refractivity contribution is 0.0985. The fourth-order valence-corrected chi connectivity index (χ4v) is 3.15. The summed E-state index contributed by atoms with van der Waals surface area (Å²) in [4.78, 5) is 4.02. The second kappa shape index (κ2) is 4.40. The first kappa shape index (κ1) is 11.7. The number of hydrogen-bond acceptors (Lipinski definition) is 3. The van der Waals surface area contributed by atoms with E-state index < -0.39 is 6.10 Å². The number of rotatable bonds is 1. The van der Waals surface area contributed by atoms with Crippen LogP contribution in [0.15, 0.2) is 35.3 Å². The average Bonchev–Trinajstić information content (AvgIpc) is 2.88. The SMILES string of the molecule is Oc1ccc2c(c1Br)CCC(n1ccnc1)C2O. The number of aromatic nitrogens is 2. The van der Waals surface area contributed by atoms with Gasteiger partial charge in [-0.2, -0.15) is 0 Å². The van der Waals surface area contributed by atoms with Crippen LogP contribution in [0.4, 0.5) is 0 Å². The fraction of sp³-hybridized carbons (Fsp3) is 0.308. The quantitative estimate of drug-likeness (QED) is 0.851. The number of hydrogen-bond donors (Lipinski definition) is 2. The molecule has 0 saturated carbocycles. The van der Waals surface area contributed by atoms with Gasteiger partial charge in [0.25, 0.3) is 0 Å². The number of aliphatic hydroxyl groups is 1. The first-order chi connectivity index (χ1) is 8.68. The summed E-state index contributed by atoms with van der Waals surface area (Å²) in [5.41, 5.74) is 1.88. The number of fused-ring (bicyclic) bond motifs is 1. The molecule has 18 heavy (non-hydrogen) atoms. The Morgan fingerprint density at radius 3 is 2.94 bits per heavy atom. The molecule has 5 heteroatoms. The van der Waals surface area contributed by atoms with Gasteiger partial charge in [0.1, 0.15) is 11.9 Å². The monoisotopic (exact) mass is 308 g/mol. The largest absolute Gasteiger partial charge is 0.507 e. The molecule has 2 atom stereocenters. The third-order valence-corrected chi connectivity index (χ3v) is 4.42. The summed E-state index contributed by atoms with van der Waals surface area (Å²) in [6.07, 6.45) is 6.40. The summed E-state index contributed by atoms with van der Waals surface area (Å²) in [6, 6.07) is 3.42. The van der Waals surface area contributed by atoms with E-state index in [0.29, 0.717) is 4.47 Å². The van der Waals surface area contributed by atoms with Crippen LogP contribution < -0.4 is 0 Å². The molecule has 2 aromatic rings. The summed E-state index contributed by atoms with van der Waals surface area (Å²) in [6.45, 7) is 0. The minimum atomic E-state index is -0.570. The van der Waals surface area contributed by atoms with E-state index in [9.17, 15) is 10.2 Å². The highest BCUT2D eigenvalue weighted by atomic mass is 79.9. The summed E-state index contributed by atoms with van der Waals surface area (Å²) in [5.74, 6) is 0.224. The van der Waals surface area contributed by atoms with E-state index in [1.165, 1.54) is 0 Å². The van der Waals surface area contributed by atoms with Crippen LogP contribution in [-0.2, 0) is 6.42 Å². The molecule has 94 valence electrons. The van der Waals surface area contributed by atoms with Gasteiger partial charge >= 0.3 is 0 Å². The second-order valence-electron chi connectivity index (χ2n) is 4.53. The van der Waals surface area contributed by atoms with Crippen molar-refractivity contribution in [3.8, 4) is 5.75 Å². The van der Waals surface area contributed by atoms with Gasteiger partial charge in [0.15, 0.2) is 0 Å². The molecule has 1 aromatic heterocycles. The molecule has 0 saturated heterocycles. The molecule has 1 aliphatic carbocycles. The number of imidazole rings is 1. The Labute approximate surface area is 113 Å². The standard InChI is InChI=1S/C13H13BrN2O2/c14-12-8-1-3-10(16-6-5-15-7-16)13(18)9(8)2-4-11(12)17/h2,4-7,10,13,17-18H,1,3H2. The van der Waals surface area contributed by atoms with Gasteiger partial charge in [-0.3, -0.25) is 0 Å². The number of aliphatic hydroxyl groups excluding tert-OH is 1. The smallest absolute Gasteiger partial charge is 0.130 e. The summed E-state index contributed by atoms with van der Waals surface area (Å²) in [5, 5.41) is 20.1. The zero-order chi connectivity index (χ0) is 12.7. The molecule has 0 radical (unpaired) electrons. The van der Waals surface area contributed by atoms with Gasteiger partial charge < -0.3 is 14.8 Å². The lowest BCUT2D eigenvalue weighted by Crippen LogP contribution is -2.23. The van der Waals surface area contributed by atoms with Crippen LogP contribution >= 0.6 is 15.9 Å².